The maximum Gasteiger partial charge on any atom is 0.319 e. The summed E-state index contributed by atoms with van der Waals surface area (Å²) in [6.07, 6.45) is 2.13. The molecule has 0 spiro atoms. The first-order valence-electron chi connectivity index (χ1n) is 7.02. The van der Waals surface area contributed by atoms with Gasteiger partial charge in [-0.05, 0) is 24.1 Å². The second kappa shape index (κ2) is 8.36. The van der Waals surface area contributed by atoms with Crippen LogP contribution < -0.4 is 10.6 Å². The van der Waals surface area contributed by atoms with Crippen LogP contribution >= 0.6 is 11.6 Å². The van der Waals surface area contributed by atoms with Crippen LogP contribution in [0.5, 0.6) is 0 Å². The molecule has 0 bridgehead atoms. The molecule has 0 aliphatic carbocycles. The van der Waals surface area contributed by atoms with Gasteiger partial charge in [-0.3, -0.25) is 0 Å². The van der Waals surface area contributed by atoms with E-state index in [9.17, 15) is 9.90 Å². The largest absolute Gasteiger partial charge is 0.396 e. The van der Waals surface area contributed by atoms with E-state index in [1.807, 2.05) is 30.3 Å². The van der Waals surface area contributed by atoms with Crippen LogP contribution in [-0.4, -0.2) is 29.3 Å². The molecule has 0 radical (unpaired) electrons. The zero-order valence-electron chi connectivity index (χ0n) is 12.0. The highest BCUT2D eigenvalue weighted by Gasteiger charge is 2.13. The summed E-state index contributed by atoms with van der Waals surface area (Å²) < 4.78 is 0. The maximum atomic E-state index is 11.9. The fourth-order valence-corrected chi connectivity index (χ4v) is 2.30. The zero-order chi connectivity index (χ0) is 15.8. The third-order valence-electron chi connectivity index (χ3n) is 3.26. The van der Waals surface area contributed by atoms with Crippen LogP contribution in [0.4, 0.5) is 10.5 Å². The number of halogens is 1. The summed E-state index contributed by atoms with van der Waals surface area (Å²) in [6, 6.07) is 12.8. The number of aliphatic hydroxyl groups excluding tert-OH is 1. The number of aromatic nitrogens is 1. The molecular formula is C16H18ClN3O2. The van der Waals surface area contributed by atoms with Gasteiger partial charge in [-0.25, -0.2) is 9.78 Å². The van der Waals surface area contributed by atoms with Crippen molar-refractivity contribution in [1.82, 2.24) is 10.3 Å². The normalized spacial score (nSPS) is 11.7. The number of aliphatic hydroxyl groups is 1. The summed E-state index contributed by atoms with van der Waals surface area (Å²) in [5.74, 6) is 0.0568. The van der Waals surface area contributed by atoms with E-state index in [0.29, 0.717) is 18.7 Å². The van der Waals surface area contributed by atoms with Gasteiger partial charge in [-0.2, -0.15) is 0 Å². The average molecular weight is 320 g/mol. The molecule has 1 aromatic heterocycles. The van der Waals surface area contributed by atoms with E-state index in [1.54, 1.807) is 18.3 Å². The minimum atomic E-state index is -0.353. The van der Waals surface area contributed by atoms with E-state index in [-0.39, 0.29) is 23.7 Å². The summed E-state index contributed by atoms with van der Waals surface area (Å²) in [6.45, 7) is 0.492. The van der Waals surface area contributed by atoms with Crippen LogP contribution in [0, 0.1) is 0 Å². The van der Waals surface area contributed by atoms with Crippen molar-refractivity contribution in [3.8, 4) is 0 Å². The molecular weight excluding hydrogens is 302 g/mol. The van der Waals surface area contributed by atoms with Crippen molar-refractivity contribution in [3.63, 3.8) is 0 Å². The lowest BCUT2D eigenvalue weighted by atomic mass is 9.96. The minimum Gasteiger partial charge on any atom is -0.396 e. The summed E-state index contributed by atoms with van der Waals surface area (Å²) in [5, 5.41) is 14.9. The monoisotopic (exact) mass is 319 g/mol. The molecule has 0 aliphatic rings. The van der Waals surface area contributed by atoms with Crippen molar-refractivity contribution >= 4 is 23.3 Å². The van der Waals surface area contributed by atoms with Gasteiger partial charge in [0.15, 0.2) is 5.15 Å². The lowest BCUT2D eigenvalue weighted by Crippen LogP contribution is -2.32. The number of hydrogen-bond donors (Lipinski definition) is 3. The van der Waals surface area contributed by atoms with Crippen molar-refractivity contribution in [1.29, 1.82) is 0 Å². The van der Waals surface area contributed by atoms with Crippen LogP contribution in [-0.2, 0) is 0 Å². The predicted octanol–water partition coefficient (Wildman–Crippen LogP) is 3.02. The lowest BCUT2D eigenvalue weighted by molar-refractivity contribution is 0.248. The number of hydrogen-bond acceptors (Lipinski definition) is 3. The van der Waals surface area contributed by atoms with E-state index >= 15 is 0 Å². The summed E-state index contributed by atoms with van der Waals surface area (Å²) >= 11 is 5.89. The van der Waals surface area contributed by atoms with Gasteiger partial charge >= 0.3 is 6.03 Å². The van der Waals surface area contributed by atoms with E-state index in [0.717, 1.165) is 5.56 Å². The molecule has 2 rings (SSSR count). The molecule has 0 unspecified atom stereocenters. The molecule has 2 amide bonds. The lowest BCUT2D eigenvalue weighted by Gasteiger charge is -2.17. The minimum absolute atomic E-state index is 0.0568. The van der Waals surface area contributed by atoms with Crippen molar-refractivity contribution in [2.24, 2.45) is 0 Å². The standard InChI is InChI=1S/C16H18ClN3O2/c17-15-14(7-4-9-18-15)20-16(22)19-11-13(8-10-21)12-5-2-1-3-6-12/h1-7,9,13,21H,8,10-11H2,(H2,19,20,22)/t13-/m1/s1. The number of nitrogens with one attached hydrogen (secondary N) is 2. The van der Waals surface area contributed by atoms with Gasteiger partial charge in [-0.1, -0.05) is 41.9 Å². The van der Waals surface area contributed by atoms with E-state index < -0.39 is 0 Å². The first-order chi connectivity index (χ1) is 10.7. The highest BCUT2D eigenvalue weighted by molar-refractivity contribution is 6.32. The van der Waals surface area contributed by atoms with Gasteiger partial charge < -0.3 is 15.7 Å². The Labute approximate surface area is 134 Å². The van der Waals surface area contributed by atoms with E-state index in [1.165, 1.54) is 0 Å². The van der Waals surface area contributed by atoms with Crippen molar-refractivity contribution in [3.05, 3.63) is 59.4 Å². The van der Waals surface area contributed by atoms with Crippen molar-refractivity contribution < 1.29 is 9.90 Å². The van der Waals surface area contributed by atoms with Gasteiger partial charge in [0.05, 0.1) is 5.69 Å². The quantitative estimate of drug-likeness (QED) is 0.716. The number of urea groups is 1. The molecule has 3 N–H and O–H groups in total. The molecule has 116 valence electrons. The van der Waals surface area contributed by atoms with Gasteiger partial charge in [0.25, 0.3) is 0 Å². The molecule has 22 heavy (non-hydrogen) atoms. The maximum absolute atomic E-state index is 11.9. The Morgan fingerprint density at radius 1 is 1.23 bits per heavy atom. The highest BCUT2D eigenvalue weighted by atomic mass is 35.5. The second-order valence-corrected chi connectivity index (χ2v) is 5.15. The molecule has 0 fully saturated rings. The van der Waals surface area contributed by atoms with Crippen LogP contribution in [0.3, 0.4) is 0 Å². The number of carbonyl (C=O) groups excluding carboxylic acids is 1. The van der Waals surface area contributed by atoms with Crippen molar-refractivity contribution in [2.45, 2.75) is 12.3 Å². The number of carbonyl (C=O) groups is 1. The fourth-order valence-electron chi connectivity index (χ4n) is 2.13. The van der Waals surface area contributed by atoms with Gasteiger partial charge in [-0.15, -0.1) is 0 Å². The first kappa shape index (κ1) is 16.3. The van der Waals surface area contributed by atoms with Gasteiger partial charge in [0.1, 0.15) is 0 Å². The Balaban J connectivity index is 1.92. The summed E-state index contributed by atoms with van der Waals surface area (Å²) in [5.41, 5.74) is 1.54. The van der Waals surface area contributed by atoms with Crippen molar-refractivity contribution in [2.75, 3.05) is 18.5 Å². The Hall–Kier alpha value is -2.11. The molecule has 0 saturated heterocycles. The zero-order valence-corrected chi connectivity index (χ0v) is 12.8. The average Bonchev–Trinajstić information content (AvgIpc) is 2.54. The molecule has 0 saturated carbocycles. The van der Waals surface area contributed by atoms with Crippen LogP contribution in [0.15, 0.2) is 48.7 Å². The van der Waals surface area contributed by atoms with Crippen LogP contribution in [0.25, 0.3) is 0 Å². The number of anilines is 1. The van der Waals surface area contributed by atoms with Gasteiger partial charge in [0, 0.05) is 25.3 Å². The molecule has 1 atom stereocenters. The SMILES string of the molecule is O=C(NC[C@@H](CCO)c1ccccc1)Nc1cccnc1Cl. The smallest absolute Gasteiger partial charge is 0.319 e. The number of nitrogens with zero attached hydrogens (tertiary/aromatic N) is 1. The fraction of sp³-hybridized carbons (Fsp3) is 0.250. The Morgan fingerprint density at radius 3 is 2.68 bits per heavy atom. The number of benzene rings is 1. The molecule has 6 heteroatoms. The molecule has 5 nitrogen and oxygen atoms in total. The van der Waals surface area contributed by atoms with Gasteiger partial charge in [0.2, 0.25) is 0 Å². The topological polar surface area (TPSA) is 74.2 Å². The van der Waals surface area contributed by atoms with E-state index in [2.05, 4.69) is 15.6 Å². The molecule has 0 aliphatic heterocycles. The number of rotatable bonds is 6. The number of pyridine rings is 1. The molecule has 1 aromatic carbocycles. The second-order valence-electron chi connectivity index (χ2n) is 4.80. The van der Waals surface area contributed by atoms with Crippen LogP contribution in [0.1, 0.15) is 17.9 Å². The highest BCUT2D eigenvalue weighted by Crippen LogP contribution is 2.19. The summed E-state index contributed by atoms with van der Waals surface area (Å²) in [4.78, 5) is 15.8. The Morgan fingerprint density at radius 2 is 2.00 bits per heavy atom. The Kier molecular flexibility index (Phi) is 6.18. The van der Waals surface area contributed by atoms with E-state index in [4.69, 9.17) is 11.6 Å². The first-order valence-corrected chi connectivity index (χ1v) is 7.39. The van der Waals surface area contributed by atoms with Crippen LogP contribution in [0.2, 0.25) is 5.15 Å². The third kappa shape index (κ3) is 4.72. The number of amides is 2. The Bertz CT molecular complexity index is 607. The molecule has 2 aromatic rings. The predicted molar refractivity (Wildman–Crippen MR) is 87.2 cm³/mol. The third-order valence-corrected chi connectivity index (χ3v) is 3.57. The summed E-state index contributed by atoms with van der Waals surface area (Å²) in [7, 11) is 0. The molecule has 1 heterocycles.